The molecule has 0 aliphatic carbocycles. The zero-order valence-electron chi connectivity index (χ0n) is 15.2. The van der Waals surface area contributed by atoms with Crippen LogP contribution in [-0.4, -0.2) is 39.4 Å². The minimum atomic E-state index is 0.224. The summed E-state index contributed by atoms with van der Waals surface area (Å²) in [6.07, 6.45) is 4.82. The van der Waals surface area contributed by atoms with Crippen LogP contribution in [0.15, 0.2) is 60.9 Å². The predicted octanol–water partition coefficient (Wildman–Crippen LogP) is 3.50. The maximum Gasteiger partial charge on any atom is 0.161 e. The summed E-state index contributed by atoms with van der Waals surface area (Å²) in [5, 5.41) is 14.7. The second-order valence-corrected chi connectivity index (χ2v) is 6.82. The summed E-state index contributed by atoms with van der Waals surface area (Å²) in [4.78, 5) is 9.10. The highest BCUT2D eigenvalue weighted by Gasteiger charge is 2.16. The van der Waals surface area contributed by atoms with E-state index in [0.717, 1.165) is 53.2 Å². The Bertz CT molecular complexity index is 1100. The van der Waals surface area contributed by atoms with Crippen molar-refractivity contribution in [3.63, 3.8) is 0 Å². The molecule has 0 spiro atoms. The van der Waals surface area contributed by atoms with Crippen LogP contribution in [0.1, 0.15) is 6.42 Å². The number of fused-ring (bicyclic) bond motifs is 1. The van der Waals surface area contributed by atoms with E-state index < -0.39 is 0 Å². The Kier molecular flexibility index (Phi) is 4.34. The summed E-state index contributed by atoms with van der Waals surface area (Å²) in [7, 11) is 0. The molecule has 0 radical (unpaired) electrons. The molecule has 140 valence electrons. The smallest absolute Gasteiger partial charge is 0.161 e. The van der Waals surface area contributed by atoms with Crippen molar-refractivity contribution in [2.24, 2.45) is 0 Å². The summed E-state index contributed by atoms with van der Waals surface area (Å²) >= 11 is 0. The van der Waals surface area contributed by atoms with E-state index in [-0.39, 0.29) is 6.10 Å². The number of ether oxygens (including phenoxy) is 1. The molecule has 1 saturated heterocycles. The third-order valence-corrected chi connectivity index (χ3v) is 4.78. The Morgan fingerprint density at radius 1 is 1.11 bits per heavy atom. The van der Waals surface area contributed by atoms with Crippen LogP contribution >= 0.6 is 0 Å². The van der Waals surface area contributed by atoms with E-state index in [1.165, 1.54) is 0 Å². The van der Waals surface area contributed by atoms with Crippen LogP contribution in [0.25, 0.3) is 22.3 Å². The van der Waals surface area contributed by atoms with E-state index in [9.17, 15) is 0 Å². The molecule has 1 fully saturated rings. The fourth-order valence-corrected chi connectivity index (χ4v) is 3.37. The average Bonchev–Trinajstić information content (AvgIpc) is 3.40. The molecule has 28 heavy (non-hydrogen) atoms. The summed E-state index contributed by atoms with van der Waals surface area (Å²) in [6, 6.07) is 15.8. The molecule has 3 heterocycles. The van der Waals surface area contributed by atoms with Gasteiger partial charge in [-0.3, -0.25) is 5.10 Å². The lowest BCUT2D eigenvalue weighted by Crippen LogP contribution is -2.19. The van der Waals surface area contributed by atoms with E-state index in [4.69, 9.17) is 4.74 Å². The van der Waals surface area contributed by atoms with Crippen molar-refractivity contribution in [2.45, 2.75) is 12.5 Å². The van der Waals surface area contributed by atoms with Crippen molar-refractivity contribution in [3.05, 3.63) is 60.9 Å². The summed E-state index contributed by atoms with van der Waals surface area (Å²) in [6.45, 7) is 1.90. The van der Waals surface area contributed by atoms with E-state index >= 15 is 0 Å². The van der Waals surface area contributed by atoms with Crippen molar-refractivity contribution in [2.75, 3.05) is 18.4 Å². The Morgan fingerprint density at radius 3 is 3.04 bits per heavy atom. The number of aromatic amines is 1. The Hall–Kier alpha value is -3.45. The molecule has 0 saturated carbocycles. The number of hydrogen-bond donors (Lipinski definition) is 3. The largest absolute Gasteiger partial charge is 0.489 e. The lowest BCUT2D eigenvalue weighted by atomic mass is 10.2. The van der Waals surface area contributed by atoms with Gasteiger partial charge in [0.15, 0.2) is 5.82 Å². The molecule has 7 heteroatoms. The SMILES string of the molecule is c1cc(OC2CCNC2)cc(-c2nccc(Nc3ccc4[nH]ncc4c3)n2)c1. The highest BCUT2D eigenvalue weighted by molar-refractivity contribution is 5.82. The molecule has 1 atom stereocenters. The van der Waals surface area contributed by atoms with Gasteiger partial charge in [-0.05, 0) is 49.4 Å². The zero-order valence-corrected chi connectivity index (χ0v) is 15.2. The second kappa shape index (κ2) is 7.28. The number of nitrogens with one attached hydrogen (secondary N) is 3. The second-order valence-electron chi connectivity index (χ2n) is 6.82. The first-order valence-electron chi connectivity index (χ1n) is 9.34. The minimum Gasteiger partial charge on any atom is -0.489 e. The quantitative estimate of drug-likeness (QED) is 0.497. The van der Waals surface area contributed by atoms with Crippen molar-refractivity contribution in [1.82, 2.24) is 25.5 Å². The normalized spacial score (nSPS) is 16.4. The van der Waals surface area contributed by atoms with Crippen LogP contribution < -0.4 is 15.4 Å². The average molecular weight is 372 g/mol. The Labute approximate surface area is 162 Å². The van der Waals surface area contributed by atoms with Crippen molar-refractivity contribution >= 4 is 22.4 Å². The maximum absolute atomic E-state index is 6.05. The zero-order chi connectivity index (χ0) is 18.8. The summed E-state index contributed by atoms with van der Waals surface area (Å²) in [5.74, 6) is 2.24. The van der Waals surface area contributed by atoms with E-state index in [1.807, 2.05) is 48.5 Å². The van der Waals surface area contributed by atoms with Gasteiger partial charge in [-0.1, -0.05) is 12.1 Å². The van der Waals surface area contributed by atoms with Crippen LogP contribution in [0.4, 0.5) is 11.5 Å². The number of H-pyrrole nitrogens is 1. The van der Waals surface area contributed by atoms with Crippen LogP contribution in [0.2, 0.25) is 0 Å². The first kappa shape index (κ1) is 16.7. The van der Waals surface area contributed by atoms with Gasteiger partial charge in [0.2, 0.25) is 0 Å². The molecule has 4 aromatic rings. The van der Waals surface area contributed by atoms with Crippen LogP contribution in [-0.2, 0) is 0 Å². The predicted molar refractivity (Wildman–Crippen MR) is 109 cm³/mol. The van der Waals surface area contributed by atoms with Gasteiger partial charge in [0, 0.05) is 29.4 Å². The third-order valence-electron chi connectivity index (χ3n) is 4.78. The van der Waals surface area contributed by atoms with Gasteiger partial charge in [-0.15, -0.1) is 0 Å². The van der Waals surface area contributed by atoms with E-state index in [2.05, 4.69) is 30.8 Å². The van der Waals surface area contributed by atoms with Crippen molar-refractivity contribution in [3.8, 4) is 17.1 Å². The standard InChI is InChI=1S/C21H20N6O/c1-2-14(11-17(3-1)28-18-6-8-22-13-18)21-23-9-7-20(26-21)25-16-4-5-19-15(10-16)12-24-27-19/h1-5,7,9-12,18,22H,6,8,13H2,(H,24,27)(H,23,25,26). The van der Waals surface area contributed by atoms with Crippen LogP contribution in [0.3, 0.4) is 0 Å². The highest BCUT2D eigenvalue weighted by atomic mass is 16.5. The van der Waals surface area contributed by atoms with Crippen LogP contribution in [0.5, 0.6) is 5.75 Å². The third kappa shape index (κ3) is 3.52. The molecular formula is C21H20N6O. The molecule has 2 aromatic carbocycles. The van der Waals surface area contributed by atoms with Gasteiger partial charge in [-0.25, -0.2) is 9.97 Å². The molecule has 1 aliphatic rings. The minimum absolute atomic E-state index is 0.224. The van der Waals surface area contributed by atoms with Crippen LogP contribution in [0, 0.1) is 0 Å². The molecule has 2 aromatic heterocycles. The molecule has 0 amide bonds. The lowest BCUT2D eigenvalue weighted by Gasteiger charge is -2.13. The Morgan fingerprint density at radius 2 is 2.11 bits per heavy atom. The molecule has 3 N–H and O–H groups in total. The number of benzene rings is 2. The molecule has 1 unspecified atom stereocenters. The van der Waals surface area contributed by atoms with Crippen molar-refractivity contribution in [1.29, 1.82) is 0 Å². The molecule has 7 nitrogen and oxygen atoms in total. The topological polar surface area (TPSA) is 87.8 Å². The maximum atomic E-state index is 6.05. The van der Waals surface area contributed by atoms with Gasteiger partial charge in [0.25, 0.3) is 0 Å². The van der Waals surface area contributed by atoms with Gasteiger partial charge >= 0.3 is 0 Å². The number of aromatic nitrogens is 4. The monoisotopic (exact) mass is 372 g/mol. The van der Waals surface area contributed by atoms with Gasteiger partial charge < -0.3 is 15.4 Å². The summed E-state index contributed by atoms with van der Waals surface area (Å²) in [5.41, 5.74) is 2.88. The highest BCUT2D eigenvalue weighted by Crippen LogP contribution is 2.25. The number of hydrogen-bond acceptors (Lipinski definition) is 6. The lowest BCUT2D eigenvalue weighted by molar-refractivity contribution is 0.223. The molecular weight excluding hydrogens is 352 g/mol. The number of nitrogens with zero attached hydrogens (tertiary/aromatic N) is 3. The van der Waals surface area contributed by atoms with Gasteiger partial charge in [0.1, 0.15) is 17.7 Å². The first-order valence-corrected chi connectivity index (χ1v) is 9.34. The van der Waals surface area contributed by atoms with Crippen molar-refractivity contribution < 1.29 is 4.74 Å². The van der Waals surface area contributed by atoms with Gasteiger partial charge in [0.05, 0.1) is 11.7 Å². The molecule has 5 rings (SSSR count). The Balaban J connectivity index is 1.37. The van der Waals surface area contributed by atoms with E-state index in [1.54, 1.807) is 12.4 Å². The molecule has 0 bridgehead atoms. The van der Waals surface area contributed by atoms with E-state index in [0.29, 0.717) is 5.82 Å². The first-order chi connectivity index (χ1) is 13.8. The molecule has 1 aliphatic heterocycles. The summed E-state index contributed by atoms with van der Waals surface area (Å²) < 4.78 is 6.05. The number of anilines is 2. The fourth-order valence-electron chi connectivity index (χ4n) is 3.37. The number of rotatable bonds is 5. The van der Waals surface area contributed by atoms with Gasteiger partial charge in [-0.2, -0.15) is 5.10 Å². The fraction of sp³-hybridized carbons (Fsp3) is 0.190.